The largest absolute Gasteiger partial charge is 0.490 e. The molecule has 0 amide bonds. The fourth-order valence-corrected chi connectivity index (χ4v) is 5.32. The highest BCUT2D eigenvalue weighted by Crippen LogP contribution is 2.25. The van der Waals surface area contributed by atoms with Crippen molar-refractivity contribution in [2.45, 2.75) is 56.4 Å². The molecule has 0 atom stereocenters. The van der Waals surface area contributed by atoms with Crippen LogP contribution in [-0.4, -0.2) is 69.5 Å². The van der Waals surface area contributed by atoms with E-state index in [1.165, 1.54) is 41.8 Å². The molecule has 1 fully saturated rings. The Balaban J connectivity index is 0.000000406. The normalized spacial score (nSPS) is 17.9. The van der Waals surface area contributed by atoms with Crippen molar-refractivity contribution in [1.82, 2.24) is 24.2 Å². The highest BCUT2D eigenvalue weighted by atomic mass is 32.2. The van der Waals surface area contributed by atoms with Gasteiger partial charge in [0, 0.05) is 19.6 Å². The van der Waals surface area contributed by atoms with Gasteiger partial charge >= 0.3 is 12.1 Å². The van der Waals surface area contributed by atoms with Crippen molar-refractivity contribution in [2.75, 3.05) is 19.6 Å². The number of fused-ring (bicyclic) bond motifs is 1. The summed E-state index contributed by atoms with van der Waals surface area (Å²) >= 11 is 0. The molecule has 9 nitrogen and oxygen atoms in total. The maximum atomic E-state index is 14.1. The molecule has 0 radical (unpaired) electrons. The van der Waals surface area contributed by atoms with Crippen molar-refractivity contribution in [3.63, 3.8) is 0 Å². The zero-order valence-electron chi connectivity index (χ0n) is 18.2. The standard InChI is InChI=1S/C18H24FN5O2S.C2HF3O2/c19-15-7-2-3-8-18(15)27(25,26)23-11-6-12-24-17(14-23)16(20-21-24)13-22-9-4-1-5-10-22;3-2(4,5)1(6)7/h2-3,7-8H,1,4-6,9-14H2;(H,6,7). The van der Waals surface area contributed by atoms with E-state index in [-0.39, 0.29) is 11.4 Å². The molecule has 14 heteroatoms. The molecule has 3 heterocycles. The molecule has 2 aliphatic heterocycles. The minimum absolute atomic E-state index is 0.173. The lowest BCUT2D eigenvalue weighted by atomic mass is 10.1. The van der Waals surface area contributed by atoms with E-state index >= 15 is 0 Å². The zero-order valence-corrected chi connectivity index (χ0v) is 19.0. The number of aryl methyl sites for hydroxylation is 1. The lowest BCUT2D eigenvalue weighted by Gasteiger charge is -2.26. The quantitative estimate of drug-likeness (QED) is 0.634. The van der Waals surface area contributed by atoms with Gasteiger partial charge in [-0.15, -0.1) is 5.10 Å². The number of hydrogen-bond acceptors (Lipinski definition) is 6. The molecule has 1 aromatic carbocycles. The monoisotopic (exact) mass is 507 g/mol. The van der Waals surface area contributed by atoms with E-state index in [1.54, 1.807) is 10.7 Å². The second-order valence-electron chi connectivity index (χ2n) is 7.97. The number of sulfonamides is 1. The first-order valence-electron chi connectivity index (χ1n) is 10.7. The van der Waals surface area contributed by atoms with E-state index in [9.17, 15) is 26.0 Å². The number of halogens is 4. The van der Waals surface area contributed by atoms with Gasteiger partial charge in [-0.3, -0.25) is 4.90 Å². The molecule has 1 N–H and O–H groups in total. The van der Waals surface area contributed by atoms with Crippen molar-refractivity contribution in [3.05, 3.63) is 41.5 Å². The van der Waals surface area contributed by atoms with Gasteiger partial charge in [-0.05, 0) is 44.5 Å². The van der Waals surface area contributed by atoms with Gasteiger partial charge in [-0.2, -0.15) is 17.5 Å². The van der Waals surface area contributed by atoms with E-state index in [2.05, 4.69) is 15.2 Å². The minimum atomic E-state index is -5.08. The molecule has 0 unspecified atom stereocenters. The Bertz CT molecular complexity index is 1100. The molecular formula is C20H25F4N5O4S. The summed E-state index contributed by atoms with van der Waals surface area (Å²) in [5, 5.41) is 15.7. The zero-order chi connectivity index (χ0) is 24.9. The van der Waals surface area contributed by atoms with E-state index in [0.717, 1.165) is 24.5 Å². The summed E-state index contributed by atoms with van der Waals surface area (Å²) in [5.74, 6) is -3.48. The van der Waals surface area contributed by atoms with Crippen LogP contribution in [0.3, 0.4) is 0 Å². The predicted octanol–water partition coefficient (Wildman–Crippen LogP) is 2.63. The highest BCUT2D eigenvalue weighted by molar-refractivity contribution is 7.89. The van der Waals surface area contributed by atoms with Gasteiger partial charge in [0.15, 0.2) is 0 Å². The molecule has 2 aliphatic rings. The second-order valence-corrected chi connectivity index (χ2v) is 9.87. The van der Waals surface area contributed by atoms with Crippen LogP contribution in [0, 0.1) is 5.82 Å². The molecule has 0 aliphatic carbocycles. The first-order valence-corrected chi connectivity index (χ1v) is 12.1. The van der Waals surface area contributed by atoms with Crippen LogP contribution in [0.15, 0.2) is 29.2 Å². The number of aromatic nitrogens is 3. The Morgan fingerprint density at radius 2 is 1.68 bits per heavy atom. The minimum Gasteiger partial charge on any atom is -0.475 e. The average molecular weight is 508 g/mol. The van der Waals surface area contributed by atoms with Crippen molar-refractivity contribution in [3.8, 4) is 0 Å². The molecular weight excluding hydrogens is 482 g/mol. The molecule has 0 bridgehead atoms. The summed E-state index contributed by atoms with van der Waals surface area (Å²) < 4.78 is 75.1. The van der Waals surface area contributed by atoms with Gasteiger partial charge in [0.2, 0.25) is 10.0 Å². The van der Waals surface area contributed by atoms with Crippen LogP contribution >= 0.6 is 0 Å². The molecule has 34 heavy (non-hydrogen) atoms. The summed E-state index contributed by atoms with van der Waals surface area (Å²) in [7, 11) is -3.91. The second kappa shape index (κ2) is 10.8. The number of hydrogen-bond donors (Lipinski definition) is 1. The number of likely N-dealkylation sites (tertiary alicyclic amines) is 1. The number of piperidine rings is 1. The summed E-state index contributed by atoms with van der Waals surface area (Å²) in [4.78, 5) is 11.0. The van der Waals surface area contributed by atoms with Crippen LogP contribution in [0.5, 0.6) is 0 Å². The van der Waals surface area contributed by atoms with E-state index < -0.39 is 28.0 Å². The first-order chi connectivity index (χ1) is 16.0. The van der Waals surface area contributed by atoms with Gasteiger partial charge < -0.3 is 5.11 Å². The van der Waals surface area contributed by atoms with Crippen molar-refractivity contribution in [1.29, 1.82) is 0 Å². The summed E-state index contributed by atoms with van der Waals surface area (Å²) in [6, 6.07) is 5.53. The number of carbonyl (C=O) groups is 1. The number of carboxylic acids is 1. The Morgan fingerprint density at radius 1 is 1.03 bits per heavy atom. The molecule has 0 saturated carbocycles. The topological polar surface area (TPSA) is 109 Å². The fourth-order valence-electron chi connectivity index (χ4n) is 3.81. The van der Waals surface area contributed by atoms with Gasteiger partial charge in [0.05, 0.1) is 12.2 Å². The van der Waals surface area contributed by atoms with Crippen LogP contribution in [0.25, 0.3) is 0 Å². The molecule has 0 spiro atoms. The Kier molecular flexibility index (Phi) is 8.25. The van der Waals surface area contributed by atoms with Gasteiger partial charge in [0.1, 0.15) is 16.4 Å². The number of nitrogens with zero attached hydrogens (tertiary/aromatic N) is 5. The summed E-state index contributed by atoms with van der Waals surface area (Å²) in [5.41, 5.74) is 1.64. The Hall–Kier alpha value is -2.58. The van der Waals surface area contributed by atoms with E-state index in [0.29, 0.717) is 26.1 Å². The highest BCUT2D eigenvalue weighted by Gasteiger charge is 2.38. The van der Waals surface area contributed by atoms with Crippen molar-refractivity contribution in [2.24, 2.45) is 0 Å². The third kappa shape index (κ3) is 6.30. The van der Waals surface area contributed by atoms with Gasteiger partial charge in [-0.25, -0.2) is 22.3 Å². The predicted molar refractivity (Wildman–Crippen MR) is 111 cm³/mol. The third-order valence-electron chi connectivity index (χ3n) is 5.54. The van der Waals surface area contributed by atoms with Crippen LogP contribution in [0.1, 0.15) is 37.1 Å². The smallest absolute Gasteiger partial charge is 0.475 e. The third-order valence-corrected chi connectivity index (χ3v) is 7.42. The van der Waals surface area contributed by atoms with E-state index in [4.69, 9.17) is 9.90 Å². The molecule has 188 valence electrons. The number of carboxylic acid groups (broad SMARTS) is 1. The van der Waals surface area contributed by atoms with Crippen LogP contribution in [0.4, 0.5) is 17.6 Å². The molecule has 1 saturated heterocycles. The maximum absolute atomic E-state index is 14.1. The van der Waals surface area contributed by atoms with Crippen molar-refractivity contribution < 1.29 is 35.9 Å². The number of alkyl halides is 3. The van der Waals surface area contributed by atoms with Crippen LogP contribution in [-0.2, 0) is 34.5 Å². The number of rotatable bonds is 4. The molecule has 4 rings (SSSR count). The van der Waals surface area contributed by atoms with E-state index in [1.807, 2.05) is 0 Å². The fraction of sp³-hybridized carbons (Fsp3) is 0.550. The van der Waals surface area contributed by atoms with Crippen LogP contribution in [0.2, 0.25) is 0 Å². The number of benzene rings is 1. The van der Waals surface area contributed by atoms with Crippen molar-refractivity contribution >= 4 is 16.0 Å². The lowest BCUT2D eigenvalue weighted by molar-refractivity contribution is -0.192. The SMILES string of the molecule is O=C(O)C(F)(F)F.O=S(=O)(c1ccccc1F)N1CCCn2nnc(CN3CCCCC3)c2C1. The summed E-state index contributed by atoms with van der Waals surface area (Å²) in [6.45, 7) is 3.87. The Morgan fingerprint density at radius 3 is 2.29 bits per heavy atom. The average Bonchev–Trinajstić information content (AvgIpc) is 3.01. The maximum Gasteiger partial charge on any atom is 0.490 e. The van der Waals surface area contributed by atoms with Crippen LogP contribution < -0.4 is 0 Å². The number of aliphatic carboxylic acids is 1. The molecule has 1 aromatic heterocycles. The molecule has 2 aromatic rings. The Labute approximate surface area is 194 Å². The van der Waals surface area contributed by atoms with Gasteiger partial charge in [0.25, 0.3) is 0 Å². The first kappa shape index (κ1) is 26.0. The van der Waals surface area contributed by atoms with Gasteiger partial charge in [-0.1, -0.05) is 23.8 Å². The summed E-state index contributed by atoms with van der Waals surface area (Å²) in [6.07, 6.45) is -0.855. The lowest BCUT2D eigenvalue weighted by Crippen LogP contribution is -2.33.